The number of unbranched alkanes of at least 4 members (excludes halogenated alkanes) is 3. The molecule has 1 aromatic rings. The molecule has 0 heterocycles. The van der Waals surface area contributed by atoms with Gasteiger partial charge in [-0.15, -0.1) is 0 Å². The van der Waals surface area contributed by atoms with Gasteiger partial charge < -0.3 is 0 Å². The van der Waals surface area contributed by atoms with Crippen molar-refractivity contribution in [1.29, 1.82) is 0 Å². The highest BCUT2D eigenvalue weighted by molar-refractivity contribution is 5.74. The summed E-state index contributed by atoms with van der Waals surface area (Å²) in [5, 5.41) is 0. The first-order chi connectivity index (χ1) is 12.7. The second-order valence-electron chi connectivity index (χ2n) is 8.18. The van der Waals surface area contributed by atoms with Crippen LogP contribution in [-0.2, 0) is 0 Å². The molecule has 1 atom stereocenters. The first-order valence-electron chi connectivity index (χ1n) is 10.5. The van der Waals surface area contributed by atoms with Crippen LogP contribution in [0.5, 0.6) is 0 Å². The van der Waals surface area contributed by atoms with Crippen LogP contribution >= 0.6 is 0 Å². The number of benzene rings is 1. The summed E-state index contributed by atoms with van der Waals surface area (Å²) in [5.41, 5.74) is 1.79. The Kier molecular flexibility index (Phi) is 7.05. The quantitative estimate of drug-likeness (QED) is 0.438. The Hall–Kier alpha value is -1.44. The molecule has 1 fully saturated rings. The van der Waals surface area contributed by atoms with Crippen molar-refractivity contribution in [2.75, 3.05) is 0 Å². The standard InChI is InChI=1S/C24H32F2/c1-2-3-4-5-6-18-7-9-19(10-8-18)20-11-13-21(14-12-20)22-15-16-23(25)24(26)17-22/h11,13-20H,2-10,12H2,1H3/t18-,19-,20?. The van der Waals surface area contributed by atoms with E-state index in [9.17, 15) is 8.78 Å². The number of rotatable bonds is 7. The summed E-state index contributed by atoms with van der Waals surface area (Å²) in [4.78, 5) is 0. The third-order valence-electron chi connectivity index (χ3n) is 6.35. The van der Waals surface area contributed by atoms with Crippen molar-refractivity contribution in [2.24, 2.45) is 17.8 Å². The molecule has 0 amide bonds. The van der Waals surface area contributed by atoms with Crippen molar-refractivity contribution in [3.8, 4) is 0 Å². The molecular weight excluding hydrogens is 326 g/mol. The van der Waals surface area contributed by atoms with Gasteiger partial charge in [-0.1, -0.05) is 76.2 Å². The smallest absolute Gasteiger partial charge is 0.159 e. The van der Waals surface area contributed by atoms with Gasteiger partial charge in [0.1, 0.15) is 0 Å². The number of hydrogen-bond donors (Lipinski definition) is 0. The van der Waals surface area contributed by atoms with Gasteiger partial charge in [0.2, 0.25) is 0 Å². The largest absolute Gasteiger partial charge is 0.204 e. The van der Waals surface area contributed by atoms with Crippen LogP contribution in [0.25, 0.3) is 5.57 Å². The molecule has 3 rings (SSSR count). The lowest BCUT2D eigenvalue weighted by molar-refractivity contribution is 0.218. The molecule has 142 valence electrons. The van der Waals surface area contributed by atoms with Gasteiger partial charge in [-0.3, -0.25) is 0 Å². The fourth-order valence-electron chi connectivity index (χ4n) is 4.64. The molecule has 1 unspecified atom stereocenters. The second kappa shape index (κ2) is 9.48. The molecule has 0 aliphatic heterocycles. The molecule has 2 heteroatoms. The van der Waals surface area contributed by atoms with E-state index < -0.39 is 11.6 Å². The Morgan fingerprint density at radius 3 is 2.42 bits per heavy atom. The molecule has 1 saturated carbocycles. The van der Waals surface area contributed by atoms with Crippen LogP contribution in [0.2, 0.25) is 0 Å². The lowest BCUT2D eigenvalue weighted by atomic mass is 9.72. The SMILES string of the molecule is CCCCCC[C@H]1CC[C@H](C2C=CC(c3ccc(F)c(F)c3)=CC2)CC1. The second-order valence-corrected chi connectivity index (χ2v) is 8.18. The van der Waals surface area contributed by atoms with Crippen LogP contribution in [0.4, 0.5) is 8.78 Å². The minimum Gasteiger partial charge on any atom is -0.204 e. The summed E-state index contributed by atoms with van der Waals surface area (Å²) >= 11 is 0. The molecule has 0 nitrogen and oxygen atoms in total. The summed E-state index contributed by atoms with van der Waals surface area (Å²) in [5.74, 6) is 0.810. The van der Waals surface area contributed by atoms with E-state index >= 15 is 0 Å². The van der Waals surface area contributed by atoms with Crippen LogP contribution in [0.3, 0.4) is 0 Å². The average Bonchev–Trinajstić information content (AvgIpc) is 2.68. The van der Waals surface area contributed by atoms with E-state index in [0.29, 0.717) is 5.92 Å². The van der Waals surface area contributed by atoms with E-state index in [1.807, 2.05) is 0 Å². The highest BCUT2D eigenvalue weighted by Gasteiger charge is 2.26. The molecule has 0 spiro atoms. The van der Waals surface area contributed by atoms with Crippen LogP contribution in [-0.4, -0.2) is 0 Å². The maximum Gasteiger partial charge on any atom is 0.159 e. The van der Waals surface area contributed by atoms with Crippen LogP contribution < -0.4 is 0 Å². The monoisotopic (exact) mass is 358 g/mol. The van der Waals surface area contributed by atoms with Gasteiger partial charge in [-0.2, -0.15) is 0 Å². The predicted octanol–water partition coefficient (Wildman–Crippen LogP) is 7.70. The minimum atomic E-state index is -0.779. The van der Waals surface area contributed by atoms with E-state index in [-0.39, 0.29) is 0 Å². The molecule has 0 radical (unpaired) electrons. The molecule has 2 aliphatic rings. The van der Waals surface area contributed by atoms with Gasteiger partial charge in [0.05, 0.1) is 0 Å². The predicted molar refractivity (Wildman–Crippen MR) is 106 cm³/mol. The van der Waals surface area contributed by atoms with Gasteiger partial charge >= 0.3 is 0 Å². The summed E-state index contributed by atoms with van der Waals surface area (Å²) < 4.78 is 26.5. The minimum absolute atomic E-state index is 0.616. The molecule has 26 heavy (non-hydrogen) atoms. The topological polar surface area (TPSA) is 0 Å². The van der Waals surface area contributed by atoms with E-state index in [4.69, 9.17) is 0 Å². The molecule has 0 N–H and O–H groups in total. The lowest BCUT2D eigenvalue weighted by Gasteiger charge is -2.33. The molecule has 0 saturated heterocycles. The van der Waals surface area contributed by atoms with E-state index in [1.54, 1.807) is 6.07 Å². The summed E-state index contributed by atoms with van der Waals surface area (Å²) in [6, 6.07) is 4.18. The van der Waals surface area contributed by atoms with Crippen LogP contribution in [0.15, 0.2) is 36.4 Å². The normalized spacial score (nSPS) is 26.0. The molecular formula is C24H32F2. The van der Waals surface area contributed by atoms with Gasteiger partial charge in [-0.25, -0.2) is 8.78 Å². The fraction of sp³-hybridized carbons (Fsp3) is 0.583. The van der Waals surface area contributed by atoms with Crippen molar-refractivity contribution in [1.82, 2.24) is 0 Å². The van der Waals surface area contributed by atoms with Crippen molar-refractivity contribution in [3.63, 3.8) is 0 Å². The Balaban J connectivity index is 1.46. The Morgan fingerprint density at radius 1 is 0.962 bits per heavy atom. The summed E-state index contributed by atoms with van der Waals surface area (Å²) in [6.45, 7) is 2.27. The number of allylic oxidation sites excluding steroid dienone is 4. The molecule has 0 aromatic heterocycles. The van der Waals surface area contributed by atoms with Crippen LogP contribution in [0.1, 0.15) is 76.7 Å². The molecule has 1 aromatic carbocycles. The summed E-state index contributed by atoms with van der Waals surface area (Å²) in [6.07, 6.45) is 20.1. The van der Waals surface area contributed by atoms with Crippen molar-refractivity contribution < 1.29 is 8.78 Å². The maximum atomic E-state index is 13.4. The van der Waals surface area contributed by atoms with E-state index in [1.165, 1.54) is 69.9 Å². The van der Waals surface area contributed by atoms with Crippen molar-refractivity contribution in [3.05, 3.63) is 53.6 Å². The van der Waals surface area contributed by atoms with Crippen LogP contribution in [0, 0.1) is 29.4 Å². The van der Waals surface area contributed by atoms with Gasteiger partial charge in [0.15, 0.2) is 11.6 Å². The highest BCUT2D eigenvalue weighted by Crippen LogP contribution is 2.39. The van der Waals surface area contributed by atoms with Crippen molar-refractivity contribution >= 4 is 5.57 Å². The van der Waals surface area contributed by atoms with Gasteiger partial charge in [0.25, 0.3) is 0 Å². The zero-order valence-corrected chi connectivity index (χ0v) is 16.0. The van der Waals surface area contributed by atoms with Gasteiger partial charge in [-0.05, 0) is 60.3 Å². The number of hydrogen-bond acceptors (Lipinski definition) is 0. The van der Waals surface area contributed by atoms with Gasteiger partial charge in [0, 0.05) is 0 Å². The third kappa shape index (κ3) is 5.05. The Labute approximate surface area is 157 Å². The average molecular weight is 359 g/mol. The summed E-state index contributed by atoms with van der Waals surface area (Å²) in [7, 11) is 0. The number of halogens is 2. The lowest BCUT2D eigenvalue weighted by Crippen LogP contribution is -2.21. The van der Waals surface area contributed by atoms with E-state index in [0.717, 1.165) is 29.4 Å². The fourth-order valence-corrected chi connectivity index (χ4v) is 4.64. The zero-order valence-electron chi connectivity index (χ0n) is 16.0. The third-order valence-corrected chi connectivity index (χ3v) is 6.35. The Bertz CT molecular complexity index is 636. The van der Waals surface area contributed by atoms with E-state index in [2.05, 4.69) is 25.2 Å². The maximum absolute atomic E-state index is 13.4. The zero-order chi connectivity index (χ0) is 18.4. The van der Waals surface area contributed by atoms with Crippen molar-refractivity contribution in [2.45, 2.75) is 71.1 Å². The first kappa shape index (κ1) is 19.3. The molecule has 0 bridgehead atoms. The Morgan fingerprint density at radius 2 is 1.77 bits per heavy atom. The highest BCUT2D eigenvalue weighted by atomic mass is 19.2. The molecule has 2 aliphatic carbocycles. The first-order valence-corrected chi connectivity index (χ1v) is 10.5.